The van der Waals surface area contributed by atoms with Crippen molar-refractivity contribution in [3.8, 4) is 0 Å². The molecule has 0 amide bonds. The van der Waals surface area contributed by atoms with Crippen molar-refractivity contribution in [3.05, 3.63) is 36.5 Å². The molecular formula is C8H11NO. The fourth-order valence-electron chi connectivity index (χ4n) is 0.474. The number of hydrogen-bond acceptors (Lipinski definition) is 2. The number of carbonyl (C=O) groups is 1. The van der Waals surface area contributed by atoms with Crippen molar-refractivity contribution in [1.82, 2.24) is 0 Å². The van der Waals surface area contributed by atoms with Crippen LogP contribution in [0, 0.1) is 0 Å². The number of nitrogens with two attached hydrogens (primary N) is 1. The van der Waals surface area contributed by atoms with Crippen LogP contribution in [0.1, 0.15) is 0 Å². The highest BCUT2D eigenvalue weighted by Crippen LogP contribution is 1.90. The smallest absolute Gasteiger partial charge is 0.150 e. The molecule has 10 heavy (non-hydrogen) atoms. The molecule has 0 rings (SSSR count). The van der Waals surface area contributed by atoms with E-state index in [2.05, 4.69) is 6.58 Å². The number of allylic oxidation sites excluding steroid dienone is 4. The molecule has 0 aliphatic carbocycles. The van der Waals surface area contributed by atoms with Crippen LogP contribution in [-0.2, 0) is 4.79 Å². The molecule has 0 saturated carbocycles. The molecule has 0 aliphatic rings. The predicted octanol–water partition coefficient (Wildman–Crippen LogP) is 0.813. The van der Waals surface area contributed by atoms with Gasteiger partial charge in [-0.05, 0) is 0 Å². The first-order valence-corrected chi connectivity index (χ1v) is 2.99. The maximum absolute atomic E-state index is 10.2. The molecule has 0 aromatic heterocycles. The first-order valence-electron chi connectivity index (χ1n) is 2.99. The maximum Gasteiger partial charge on any atom is 0.150 e. The molecule has 0 heterocycles. The molecule has 0 aromatic rings. The van der Waals surface area contributed by atoms with Crippen LogP contribution in [0.4, 0.5) is 0 Å². The zero-order chi connectivity index (χ0) is 7.82. The largest absolute Gasteiger partial charge is 0.327 e. The van der Waals surface area contributed by atoms with Gasteiger partial charge in [0.15, 0.2) is 0 Å². The molecule has 0 aromatic carbocycles. The van der Waals surface area contributed by atoms with Crippen LogP contribution in [0.15, 0.2) is 36.5 Å². The van der Waals surface area contributed by atoms with Gasteiger partial charge in [-0.3, -0.25) is 4.79 Å². The number of aldehydes is 1. The summed E-state index contributed by atoms with van der Waals surface area (Å²) < 4.78 is 0. The SMILES string of the molecule is C=C/C=C(C=O)\C=C/CN. The quantitative estimate of drug-likeness (QED) is 0.354. The van der Waals surface area contributed by atoms with Gasteiger partial charge in [0.2, 0.25) is 0 Å². The molecular weight excluding hydrogens is 126 g/mol. The summed E-state index contributed by atoms with van der Waals surface area (Å²) in [5.74, 6) is 0. The van der Waals surface area contributed by atoms with Crippen LogP contribution >= 0.6 is 0 Å². The molecule has 2 heteroatoms. The monoisotopic (exact) mass is 137 g/mol. The van der Waals surface area contributed by atoms with Crippen molar-refractivity contribution < 1.29 is 4.79 Å². The lowest BCUT2D eigenvalue weighted by atomic mass is 10.2. The lowest BCUT2D eigenvalue weighted by Gasteiger charge is -1.84. The Labute approximate surface area is 60.7 Å². The van der Waals surface area contributed by atoms with Gasteiger partial charge in [-0.25, -0.2) is 0 Å². The summed E-state index contributed by atoms with van der Waals surface area (Å²) >= 11 is 0. The zero-order valence-corrected chi connectivity index (χ0v) is 5.79. The molecule has 0 fully saturated rings. The van der Waals surface area contributed by atoms with E-state index in [1.165, 1.54) is 0 Å². The van der Waals surface area contributed by atoms with E-state index in [0.717, 1.165) is 6.29 Å². The Morgan fingerprint density at radius 3 is 2.70 bits per heavy atom. The Kier molecular flexibility index (Phi) is 5.29. The van der Waals surface area contributed by atoms with E-state index >= 15 is 0 Å². The summed E-state index contributed by atoms with van der Waals surface area (Å²) in [6.07, 6.45) is 7.32. The Balaban J connectivity index is 4.07. The van der Waals surface area contributed by atoms with Gasteiger partial charge in [-0.2, -0.15) is 0 Å². The van der Waals surface area contributed by atoms with Gasteiger partial charge in [0, 0.05) is 12.1 Å². The summed E-state index contributed by atoms with van der Waals surface area (Å²) in [5, 5.41) is 0. The van der Waals surface area contributed by atoms with Gasteiger partial charge in [0.1, 0.15) is 6.29 Å². The first kappa shape index (κ1) is 8.85. The van der Waals surface area contributed by atoms with Crippen LogP contribution in [-0.4, -0.2) is 12.8 Å². The summed E-state index contributed by atoms with van der Waals surface area (Å²) in [6, 6.07) is 0. The second kappa shape index (κ2) is 5.98. The molecule has 0 spiro atoms. The first-order chi connectivity index (χ1) is 4.85. The highest BCUT2D eigenvalue weighted by molar-refractivity contribution is 5.77. The summed E-state index contributed by atoms with van der Waals surface area (Å²) in [6.45, 7) is 3.90. The molecule has 2 nitrogen and oxygen atoms in total. The lowest BCUT2D eigenvalue weighted by Crippen LogP contribution is -1.92. The zero-order valence-electron chi connectivity index (χ0n) is 5.79. The predicted molar refractivity (Wildman–Crippen MR) is 42.5 cm³/mol. The topological polar surface area (TPSA) is 43.1 Å². The van der Waals surface area contributed by atoms with Crippen molar-refractivity contribution in [1.29, 1.82) is 0 Å². The molecule has 0 unspecified atom stereocenters. The fraction of sp³-hybridized carbons (Fsp3) is 0.125. The standard InChI is InChI=1S/C8H11NO/c1-2-4-8(7-10)5-3-6-9/h2-5,7H,1,6,9H2/b5-3-,8-4+. The summed E-state index contributed by atoms with van der Waals surface area (Å²) in [7, 11) is 0. The van der Waals surface area contributed by atoms with Crippen molar-refractivity contribution in [2.24, 2.45) is 5.73 Å². The van der Waals surface area contributed by atoms with Crippen molar-refractivity contribution in [2.75, 3.05) is 6.54 Å². The third kappa shape index (κ3) is 3.80. The van der Waals surface area contributed by atoms with Gasteiger partial charge < -0.3 is 5.73 Å². The lowest BCUT2D eigenvalue weighted by molar-refractivity contribution is -0.104. The third-order valence-electron chi connectivity index (χ3n) is 0.893. The summed E-state index contributed by atoms with van der Waals surface area (Å²) in [4.78, 5) is 10.2. The van der Waals surface area contributed by atoms with E-state index in [0.29, 0.717) is 12.1 Å². The van der Waals surface area contributed by atoms with Crippen LogP contribution in [0.25, 0.3) is 0 Å². The molecule has 0 bridgehead atoms. The molecule has 0 aliphatic heterocycles. The van der Waals surface area contributed by atoms with Gasteiger partial charge in [-0.1, -0.05) is 30.9 Å². The van der Waals surface area contributed by atoms with E-state index in [1.54, 1.807) is 24.3 Å². The number of hydrogen-bond donors (Lipinski definition) is 1. The minimum Gasteiger partial charge on any atom is -0.327 e. The average Bonchev–Trinajstić information content (AvgIpc) is 1.98. The maximum atomic E-state index is 10.2. The van der Waals surface area contributed by atoms with E-state index in [4.69, 9.17) is 5.73 Å². The minimum absolute atomic E-state index is 0.447. The highest BCUT2D eigenvalue weighted by atomic mass is 16.1. The third-order valence-corrected chi connectivity index (χ3v) is 0.893. The Bertz CT molecular complexity index is 168. The summed E-state index contributed by atoms with van der Waals surface area (Å²) in [5.41, 5.74) is 5.76. The van der Waals surface area contributed by atoms with Gasteiger partial charge in [-0.15, -0.1) is 0 Å². The van der Waals surface area contributed by atoms with E-state index in [9.17, 15) is 4.79 Å². The van der Waals surface area contributed by atoms with E-state index in [1.807, 2.05) is 0 Å². The molecule has 0 saturated heterocycles. The second-order valence-electron chi connectivity index (χ2n) is 1.66. The van der Waals surface area contributed by atoms with Crippen LogP contribution in [0.3, 0.4) is 0 Å². The van der Waals surface area contributed by atoms with Crippen molar-refractivity contribution in [3.63, 3.8) is 0 Å². The highest BCUT2D eigenvalue weighted by Gasteiger charge is 1.82. The van der Waals surface area contributed by atoms with Crippen LogP contribution in [0.5, 0.6) is 0 Å². The molecule has 54 valence electrons. The normalized spacial score (nSPS) is 11.9. The van der Waals surface area contributed by atoms with Crippen LogP contribution in [0.2, 0.25) is 0 Å². The number of rotatable bonds is 4. The van der Waals surface area contributed by atoms with Gasteiger partial charge in [0.25, 0.3) is 0 Å². The van der Waals surface area contributed by atoms with Gasteiger partial charge >= 0.3 is 0 Å². The number of carbonyl (C=O) groups excluding carboxylic acids is 1. The average molecular weight is 137 g/mol. The molecule has 2 N–H and O–H groups in total. The Hall–Kier alpha value is -1.15. The van der Waals surface area contributed by atoms with Crippen LogP contribution < -0.4 is 5.73 Å². The van der Waals surface area contributed by atoms with Crippen molar-refractivity contribution >= 4 is 6.29 Å². The van der Waals surface area contributed by atoms with Crippen molar-refractivity contribution in [2.45, 2.75) is 0 Å². The van der Waals surface area contributed by atoms with E-state index in [-0.39, 0.29) is 0 Å². The Morgan fingerprint density at radius 2 is 2.30 bits per heavy atom. The molecule has 0 atom stereocenters. The molecule has 0 radical (unpaired) electrons. The Morgan fingerprint density at radius 1 is 1.60 bits per heavy atom. The second-order valence-corrected chi connectivity index (χ2v) is 1.66. The fourth-order valence-corrected chi connectivity index (χ4v) is 0.474. The van der Waals surface area contributed by atoms with Gasteiger partial charge in [0.05, 0.1) is 0 Å². The minimum atomic E-state index is 0.447. The van der Waals surface area contributed by atoms with E-state index < -0.39 is 0 Å².